The average Bonchev–Trinajstić information content (AvgIpc) is 3.20. The van der Waals surface area contributed by atoms with Crippen LogP contribution in [0, 0.1) is 12.7 Å². The number of carbonyl (C=O) groups excluding carboxylic acids is 1. The summed E-state index contributed by atoms with van der Waals surface area (Å²) < 4.78 is 15.0. The maximum absolute atomic E-state index is 13.2. The molecular weight excluding hydrogens is 397 g/mol. The molecule has 1 aliphatic heterocycles. The highest BCUT2D eigenvalue weighted by Crippen LogP contribution is 2.33. The van der Waals surface area contributed by atoms with Gasteiger partial charge in [0.05, 0.1) is 5.54 Å². The van der Waals surface area contributed by atoms with Crippen LogP contribution in [0.5, 0.6) is 0 Å². The number of carbonyl (C=O) groups is 1. The van der Waals surface area contributed by atoms with E-state index in [1.54, 1.807) is 23.0 Å². The fourth-order valence-corrected chi connectivity index (χ4v) is 3.94. The highest BCUT2D eigenvalue weighted by atomic mass is 19.1. The van der Waals surface area contributed by atoms with Crippen molar-refractivity contribution < 1.29 is 9.18 Å². The molecule has 0 saturated carbocycles. The van der Waals surface area contributed by atoms with Crippen LogP contribution in [0.1, 0.15) is 28.9 Å². The Morgan fingerprint density at radius 2 is 1.90 bits per heavy atom. The van der Waals surface area contributed by atoms with E-state index in [0.717, 1.165) is 37.4 Å². The molecule has 3 heterocycles. The van der Waals surface area contributed by atoms with Crippen molar-refractivity contribution in [2.24, 2.45) is 11.5 Å². The van der Waals surface area contributed by atoms with Crippen molar-refractivity contribution in [1.29, 1.82) is 0 Å². The molecule has 1 fully saturated rings. The Morgan fingerprint density at radius 1 is 1.19 bits per heavy atom. The van der Waals surface area contributed by atoms with Crippen LogP contribution < -0.4 is 21.7 Å². The first-order valence-electron chi connectivity index (χ1n) is 10.2. The minimum Gasteiger partial charge on any atom is -0.365 e. The SMILES string of the molecule is Cc1cccc(N2CCC(CN)(n3cc(C(N)=O)c(Nc4ccc(F)cc4)n3)CC2)n1. The van der Waals surface area contributed by atoms with E-state index in [9.17, 15) is 9.18 Å². The first-order valence-corrected chi connectivity index (χ1v) is 10.2. The van der Waals surface area contributed by atoms with Gasteiger partial charge < -0.3 is 21.7 Å². The molecule has 0 atom stereocenters. The van der Waals surface area contributed by atoms with Gasteiger partial charge in [0, 0.05) is 37.2 Å². The van der Waals surface area contributed by atoms with Crippen molar-refractivity contribution in [3.05, 3.63) is 65.7 Å². The number of pyridine rings is 1. The minimum absolute atomic E-state index is 0.264. The number of nitrogens with zero attached hydrogens (tertiary/aromatic N) is 4. The topological polar surface area (TPSA) is 115 Å². The minimum atomic E-state index is -0.593. The number of hydrogen-bond donors (Lipinski definition) is 3. The lowest BCUT2D eigenvalue weighted by atomic mass is 9.87. The van der Waals surface area contributed by atoms with Crippen LogP contribution in [-0.4, -0.2) is 40.3 Å². The first-order chi connectivity index (χ1) is 14.9. The number of aryl methyl sites for hydroxylation is 1. The monoisotopic (exact) mass is 423 g/mol. The van der Waals surface area contributed by atoms with E-state index in [4.69, 9.17) is 11.5 Å². The maximum atomic E-state index is 13.2. The number of nitrogens with one attached hydrogen (secondary N) is 1. The van der Waals surface area contributed by atoms with E-state index >= 15 is 0 Å². The molecule has 5 N–H and O–H groups in total. The summed E-state index contributed by atoms with van der Waals surface area (Å²) >= 11 is 0. The number of benzene rings is 1. The molecule has 1 aromatic carbocycles. The second-order valence-corrected chi connectivity index (χ2v) is 7.88. The summed E-state index contributed by atoms with van der Waals surface area (Å²) in [6, 6.07) is 11.8. The van der Waals surface area contributed by atoms with Crippen molar-refractivity contribution in [2.75, 3.05) is 29.9 Å². The molecule has 9 heteroatoms. The van der Waals surface area contributed by atoms with Gasteiger partial charge in [-0.1, -0.05) is 6.07 Å². The van der Waals surface area contributed by atoms with E-state index < -0.39 is 11.4 Å². The van der Waals surface area contributed by atoms with Gasteiger partial charge in [-0.15, -0.1) is 0 Å². The Morgan fingerprint density at radius 3 is 2.52 bits per heavy atom. The van der Waals surface area contributed by atoms with E-state index in [1.807, 2.05) is 25.1 Å². The predicted molar refractivity (Wildman–Crippen MR) is 118 cm³/mol. The summed E-state index contributed by atoms with van der Waals surface area (Å²) in [6.07, 6.45) is 3.14. The lowest BCUT2D eigenvalue weighted by Gasteiger charge is -2.41. The second kappa shape index (κ2) is 8.35. The van der Waals surface area contributed by atoms with Crippen molar-refractivity contribution in [3.8, 4) is 0 Å². The zero-order chi connectivity index (χ0) is 22.0. The molecule has 3 aromatic rings. The van der Waals surface area contributed by atoms with Crippen LogP contribution in [0.3, 0.4) is 0 Å². The first kappa shape index (κ1) is 20.8. The van der Waals surface area contributed by atoms with Gasteiger partial charge in [-0.25, -0.2) is 9.37 Å². The van der Waals surface area contributed by atoms with Gasteiger partial charge in [-0.05, 0) is 56.2 Å². The molecule has 162 valence electrons. The fraction of sp³-hybridized carbons (Fsp3) is 0.318. The number of aromatic nitrogens is 3. The molecule has 0 bridgehead atoms. The van der Waals surface area contributed by atoms with Crippen LogP contribution >= 0.6 is 0 Å². The number of hydrogen-bond acceptors (Lipinski definition) is 6. The van der Waals surface area contributed by atoms with E-state index in [2.05, 4.69) is 20.3 Å². The van der Waals surface area contributed by atoms with Crippen LogP contribution in [-0.2, 0) is 5.54 Å². The quantitative estimate of drug-likeness (QED) is 0.561. The Bertz CT molecular complexity index is 1070. The van der Waals surface area contributed by atoms with E-state index in [-0.39, 0.29) is 11.4 Å². The van der Waals surface area contributed by atoms with Gasteiger partial charge in [-0.2, -0.15) is 5.10 Å². The number of rotatable bonds is 6. The lowest BCUT2D eigenvalue weighted by Crippen LogP contribution is -2.51. The Labute approximate surface area is 180 Å². The number of primary amides is 1. The molecule has 0 spiro atoms. The van der Waals surface area contributed by atoms with E-state index in [0.29, 0.717) is 18.1 Å². The van der Waals surface area contributed by atoms with Gasteiger partial charge in [0.2, 0.25) is 0 Å². The molecule has 8 nitrogen and oxygen atoms in total. The zero-order valence-electron chi connectivity index (χ0n) is 17.4. The summed E-state index contributed by atoms with van der Waals surface area (Å²) in [6.45, 7) is 3.88. The highest BCUT2D eigenvalue weighted by Gasteiger charge is 2.37. The summed E-state index contributed by atoms with van der Waals surface area (Å²) in [7, 11) is 0. The normalized spacial score (nSPS) is 15.6. The van der Waals surface area contributed by atoms with Gasteiger partial charge in [0.25, 0.3) is 5.91 Å². The van der Waals surface area contributed by atoms with Crippen LogP contribution in [0.2, 0.25) is 0 Å². The van der Waals surface area contributed by atoms with Crippen molar-refractivity contribution in [2.45, 2.75) is 25.3 Å². The molecule has 0 radical (unpaired) electrons. The standard InChI is InChI=1S/C22H26FN7O/c1-15-3-2-4-19(26-15)29-11-9-22(14-24,10-12-29)30-13-18(20(25)31)21(28-30)27-17-7-5-16(23)6-8-17/h2-8,13H,9-12,14,24H2,1H3,(H2,25,31)(H,27,28). The fourth-order valence-electron chi connectivity index (χ4n) is 3.94. The van der Waals surface area contributed by atoms with Crippen LogP contribution in [0.15, 0.2) is 48.7 Å². The van der Waals surface area contributed by atoms with Crippen molar-refractivity contribution in [3.63, 3.8) is 0 Å². The Balaban J connectivity index is 1.58. The maximum Gasteiger partial charge on any atom is 0.254 e. The van der Waals surface area contributed by atoms with Gasteiger partial charge in [-0.3, -0.25) is 9.48 Å². The third kappa shape index (κ3) is 4.22. The van der Waals surface area contributed by atoms with Crippen molar-refractivity contribution >= 4 is 23.2 Å². The van der Waals surface area contributed by atoms with Gasteiger partial charge in [0.1, 0.15) is 17.2 Å². The smallest absolute Gasteiger partial charge is 0.254 e. The van der Waals surface area contributed by atoms with Crippen LogP contribution in [0.4, 0.5) is 21.7 Å². The Kier molecular flexibility index (Phi) is 5.60. The molecule has 1 saturated heterocycles. The number of nitrogens with two attached hydrogens (primary N) is 2. The molecular formula is C22H26FN7O. The molecule has 2 aromatic heterocycles. The van der Waals surface area contributed by atoms with Gasteiger partial charge in [0.15, 0.2) is 5.82 Å². The average molecular weight is 423 g/mol. The summed E-state index contributed by atoms with van der Waals surface area (Å²) in [5.41, 5.74) is 13.2. The zero-order valence-corrected chi connectivity index (χ0v) is 17.4. The second-order valence-electron chi connectivity index (χ2n) is 7.88. The molecule has 4 rings (SSSR count). The highest BCUT2D eigenvalue weighted by molar-refractivity contribution is 5.98. The third-order valence-corrected chi connectivity index (χ3v) is 5.84. The van der Waals surface area contributed by atoms with E-state index in [1.165, 1.54) is 12.1 Å². The lowest BCUT2D eigenvalue weighted by molar-refractivity contribution is 0.100. The molecule has 31 heavy (non-hydrogen) atoms. The number of piperidine rings is 1. The Hall–Kier alpha value is -3.46. The third-order valence-electron chi connectivity index (χ3n) is 5.84. The van der Waals surface area contributed by atoms with Gasteiger partial charge >= 0.3 is 0 Å². The van der Waals surface area contributed by atoms with Crippen molar-refractivity contribution in [1.82, 2.24) is 14.8 Å². The summed E-state index contributed by atoms with van der Waals surface area (Å²) in [5.74, 6) is 0.338. The molecule has 0 unspecified atom stereocenters. The molecule has 1 amide bonds. The molecule has 0 aliphatic carbocycles. The van der Waals surface area contributed by atoms with Crippen LogP contribution in [0.25, 0.3) is 0 Å². The largest absolute Gasteiger partial charge is 0.365 e. The number of halogens is 1. The summed E-state index contributed by atoms with van der Waals surface area (Å²) in [4.78, 5) is 18.9. The molecule has 1 aliphatic rings. The number of anilines is 3. The summed E-state index contributed by atoms with van der Waals surface area (Å²) in [5, 5.41) is 7.69. The predicted octanol–water partition coefficient (Wildman–Crippen LogP) is 2.52. The number of amides is 1.